The smallest absolute Gasteiger partial charge is 0.0494 e. The Bertz CT molecular complexity index is 184. The van der Waals surface area contributed by atoms with Crippen LogP contribution in [0.5, 0.6) is 0 Å². The Labute approximate surface area is 97.5 Å². The molecule has 3 heteroatoms. The maximum Gasteiger partial charge on any atom is 0.0494 e. The summed E-state index contributed by atoms with van der Waals surface area (Å²) < 4.78 is 5.60. The molecule has 1 saturated heterocycles. The molecule has 2 unspecified atom stereocenters. The standard InChI is InChI=1S/C12H23NOS/c1-10-12(5-8-15-10)13-6-2-7-14-9-11-3-4-11/h10-13H,2-9H2,1H3. The zero-order chi connectivity index (χ0) is 10.5. The van der Waals surface area contributed by atoms with Crippen LogP contribution in [-0.2, 0) is 4.74 Å². The summed E-state index contributed by atoms with van der Waals surface area (Å²) in [7, 11) is 0. The Morgan fingerprint density at radius 1 is 1.33 bits per heavy atom. The van der Waals surface area contributed by atoms with E-state index in [2.05, 4.69) is 24.0 Å². The van der Waals surface area contributed by atoms with Gasteiger partial charge in [-0.2, -0.15) is 11.8 Å². The van der Waals surface area contributed by atoms with E-state index in [1.807, 2.05) is 0 Å². The van der Waals surface area contributed by atoms with Crippen LogP contribution in [0.2, 0.25) is 0 Å². The molecule has 88 valence electrons. The van der Waals surface area contributed by atoms with E-state index in [4.69, 9.17) is 4.74 Å². The molecule has 1 aliphatic carbocycles. The summed E-state index contributed by atoms with van der Waals surface area (Å²) in [6.45, 7) is 5.41. The van der Waals surface area contributed by atoms with Crippen molar-refractivity contribution in [2.24, 2.45) is 5.92 Å². The highest BCUT2D eigenvalue weighted by atomic mass is 32.2. The Morgan fingerprint density at radius 2 is 2.20 bits per heavy atom. The van der Waals surface area contributed by atoms with Gasteiger partial charge in [0, 0.05) is 24.5 Å². The van der Waals surface area contributed by atoms with Gasteiger partial charge in [-0.15, -0.1) is 0 Å². The van der Waals surface area contributed by atoms with E-state index in [1.54, 1.807) is 0 Å². The molecule has 2 fully saturated rings. The summed E-state index contributed by atoms with van der Waals surface area (Å²) in [5, 5.41) is 4.44. The van der Waals surface area contributed by atoms with Crippen LogP contribution in [0.1, 0.15) is 32.6 Å². The van der Waals surface area contributed by atoms with Gasteiger partial charge in [0.05, 0.1) is 0 Å². The second-order valence-electron chi connectivity index (χ2n) is 4.80. The second kappa shape index (κ2) is 6.12. The first-order valence-electron chi connectivity index (χ1n) is 6.29. The predicted octanol–water partition coefficient (Wildman–Crippen LogP) is 2.29. The number of ether oxygens (including phenoxy) is 1. The van der Waals surface area contributed by atoms with Crippen molar-refractivity contribution in [3.8, 4) is 0 Å². The average molecular weight is 229 g/mol. The molecule has 2 atom stereocenters. The Hall–Kier alpha value is 0.270. The minimum absolute atomic E-state index is 0.749. The van der Waals surface area contributed by atoms with Crippen LogP contribution >= 0.6 is 11.8 Å². The molecular weight excluding hydrogens is 206 g/mol. The molecular formula is C12H23NOS. The van der Waals surface area contributed by atoms with Crippen LogP contribution in [0.4, 0.5) is 0 Å². The van der Waals surface area contributed by atoms with Gasteiger partial charge in [0.25, 0.3) is 0 Å². The van der Waals surface area contributed by atoms with Gasteiger partial charge in [-0.25, -0.2) is 0 Å². The molecule has 0 radical (unpaired) electrons. The highest BCUT2D eigenvalue weighted by molar-refractivity contribution is 8.00. The Balaban J connectivity index is 1.40. The topological polar surface area (TPSA) is 21.3 Å². The van der Waals surface area contributed by atoms with Gasteiger partial charge in [0.15, 0.2) is 0 Å². The predicted molar refractivity (Wildman–Crippen MR) is 66.5 cm³/mol. The Morgan fingerprint density at radius 3 is 2.87 bits per heavy atom. The summed E-state index contributed by atoms with van der Waals surface area (Å²) in [5.74, 6) is 2.24. The zero-order valence-corrected chi connectivity index (χ0v) is 10.5. The molecule has 0 amide bonds. The lowest BCUT2D eigenvalue weighted by atomic mass is 10.2. The SMILES string of the molecule is CC1SCCC1NCCCOCC1CC1. The van der Waals surface area contributed by atoms with E-state index in [0.29, 0.717) is 0 Å². The third kappa shape index (κ3) is 4.33. The molecule has 1 saturated carbocycles. The van der Waals surface area contributed by atoms with Crippen LogP contribution in [-0.4, -0.2) is 36.8 Å². The van der Waals surface area contributed by atoms with Crippen molar-refractivity contribution in [1.29, 1.82) is 0 Å². The first-order chi connectivity index (χ1) is 7.36. The quantitative estimate of drug-likeness (QED) is 0.677. The zero-order valence-electron chi connectivity index (χ0n) is 9.71. The Kier molecular flexibility index (Phi) is 4.79. The van der Waals surface area contributed by atoms with Gasteiger partial charge in [-0.3, -0.25) is 0 Å². The minimum atomic E-state index is 0.749. The van der Waals surface area contributed by atoms with Gasteiger partial charge >= 0.3 is 0 Å². The summed E-state index contributed by atoms with van der Waals surface area (Å²) in [6, 6.07) is 0.749. The maximum atomic E-state index is 5.60. The number of thioether (sulfide) groups is 1. The normalized spacial score (nSPS) is 31.0. The molecule has 2 rings (SSSR count). The monoisotopic (exact) mass is 229 g/mol. The molecule has 0 aromatic carbocycles. The van der Waals surface area contributed by atoms with Crippen molar-refractivity contribution in [3.05, 3.63) is 0 Å². The molecule has 0 bridgehead atoms. The van der Waals surface area contributed by atoms with E-state index < -0.39 is 0 Å². The molecule has 2 nitrogen and oxygen atoms in total. The number of rotatable bonds is 7. The van der Waals surface area contributed by atoms with Crippen molar-refractivity contribution < 1.29 is 4.74 Å². The number of nitrogens with one attached hydrogen (secondary N) is 1. The van der Waals surface area contributed by atoms with Crippen LogP contribution in [0.15, 0.2) is 0 Å². The largest absolute Gasteiger partial charge is 0.381 e. The lowest BCUT2D eigenvalue weighted by molar-refractivity contribution is 0.121. The summed E-state index contributed by atoms with van der Waals surface area (Å²) >= 11 is 2.09. The number of hydrogen-bond acceptors (Lipinski definition) is 3. The summed E-state index contributed by atoms with van der Waals surface area (Å²) in [5.41, 5.74) is 0. The van der Waals surface area contributed by atoms with Crippen molar-refractivity contribution >= 4 is 11.8 Å². The lowest BCUT2D eigenvalue weighted by Gasteiger charge is -2.16. The minimum Gasteiger partial charge on any atom is -0.381 e. The van der Waals surface area contributed by atoms with E-state index in [1.165, 1.54) is 31.4 Å². The van der Waals surface area contributed by atoms with Gasteiger partial charge < -0.3 is 10.1 Å². The lowest BCUT2D eigenvalue weighted by Crippen LogP contribution is -2.34. The van der Waals surface area contributed by atoms with Gasteiger partial charge in [0.1, 0.15) is 0 Å². The first kappa shape index (κ1) is 11.7. The van der Waals surface area contributed by atoms with Gasteiger partial charge in [-0.05, 0) is 43.9 Å². The third-order valence-electron chi connectivity index (χ3n) is 3.30. The average Bonchev–Trinajstić information content (AvgIpc) is 2.96. The molecule has 1 N–H and O–H groups in total. The van der Waals surface area contributed by atoms with Gasteiger partial charge in [-0.1, -0.05) is 6.92 Å². The second-order valence-corrected chi connectivity index (χ2v) is 6.28. The highest BCUT2D eigenvalue weighted by Crippen LogP contribution is 2.28. The fourth-order valence-electron chi connectivity index (χ4n) is 2.00. The van der Waals surface area contributed by atoms with Crippen molar-refractivity contribution in [3.63, 3.8) is 0 Å². The first-order valence-corrected chi connectivity index (χ1v) is 7.34. The van der Waals surface area contributed by atoms with Gasteiger partial charge in [0.2, 0.25) is 0 Å². The molecule has 1 heterocycles. The molecule has 0 spiro atoms. The van der Waals surface area contributed by atoms with Crippen molar-refractivity contribution in [2.45, 2.75) is 43.9 Å². The highest BCUT2D eigenvalue weighted by Gasteiger charge is 2.23. The summed E-state index contributed by atoms with van der Waals surface area (Å²) in [6.07, 6.45) is 5.31. The van der Waals surface area contributed by atoms with Crippen LogP contribution in [0.3, 0.4) is 0 Å². The van der Waals surface area contributed by atoms with Crippen molar-refractivity contribution in [1.82, 2.24) is 5.32 Å². The van der Waals surface area contributed by atoms with Crippen LogP contribution in [0.25, 0.3) is 0 Å². The molecule has 1 aliphatic heterocycles. The van der Waals surface area contributed by atoms with E-state index in [9.17, 15) is 0 Å². The van der Waals surface area contributed by atoms with Crippen LogP contribution < -0.4 is 5.32 Å². The molecule has 2 aliphatic rings. The fourth-order valence-corrected chi connectivity index (χ4v) is 3.22. The van der Waals surface area contributed by atoms with E-state index in [0.717, 1.165) is 37.0 Å². The maximum absolute atomic E-state index is 5.60. The molecule has 0 aromatic rings. The molecule has 15 heavy (non-hydrogen) atoms. The molecule has 0 aromatic heterocycles. The third-order valence-corrected chi connectivity index (χ3v) is 4.62. The van der Waals surface area contributed by atoms with E-state index >= 15 is 0 Å². The van der Waals surface area contributed by atoms with Crippen molar-refractivity contribution in [2.75, 3.05) is 25.5 Å². The summed E-state index contributed by atoms with van der Waals surface area (Å²) in [4.78, 5) is 0. The van der Waals surface area contributed by atoms with Crippen LogP contribution in [0, 0.1) is 5.92 Å². The fraction of sp³-hybridized carbons (Fsp3) is 1.00. The van der Waals surface area contributed by atoms with E-state index in [-0.39, 0.29) is 0 Å². The number of hydrogen-bond donors (Lipinski definition) is 1.